The predicted molar refractivity (Wildman–Crippen MR) is 141 cm³/mol. The Morgan fingerprint density at radius 3 is 2.32 bits per heavy atom. The first kappa shape index (κ1) is 24.6. The average molecular weight is 553 g/mol. The molecule has 1 aliphatic heterocycles. The quantitative estimate of drug-likeness (QED) is 0.317. The number of benzene rings is 2. The molecular weight excluding hydrogens is 530 g/mol. The van der Waals surface area contributed by atoms with Crippen LogP contribution < -0.4 is 5.32 Å². The van der Waals surface area contributed by atoms with Crippen LogP contribution in [-0.2, 0) is 10.0 Å². The van der Waals surface area contributed by atoms with E-state index in [0.29, 0.717) is 43.3 Å². The largest absolute Gasteiger partial charge is 0.351 e. The van der Waals surface area contributed by atoms with Crippen molar-refractivity contribution in [3.05, 3.63) is 84.0 Å². The van der Waals surface area contributed by atoms with Crippen molar-refractivity contribution < 1.29 is 17.2 Å². The lowest BCUT2D eigenvalue weighted by Crippen LogP contribution is -2.42. The van der Waals surface area contributed by atoms with Crippen molar-refractivity contribution >= 4 is 32.3 Å². The predicted octanol–water partition coefficient (Wildman–Crippen LogP) is 5.06. The number of nitrogens with one attached hydrogen (secondary N) is 1. The molecule has 0 spiro atoms. The van der Waals surface area contributed by atoms with Gasteiger partial charge < -0.3 is 5.32 Å². The fourth-order valence-corrected chi connectivity index (χ4v) is 6.76. The first-order valence-corrected chi connectivity index (χ1v) is 14.3. The van der Waals surface area contributed by atoms with E-state index in [-0.39, 0.29) is 16.8 Å². The van der Waals surface area contributed by atoms with Crippen molar-refractivity contribution in [2.24, 2.45) is 0 Å². The third-order valence-electron chi connectivity index (χ3n) is 6.52. The zero-order valence-electron chi connectivity index (χ0n) is 20.0. The molecule has 0 unspecified atom stereocenters. The topological polar surface area (TPSA) is 92.5 Å². The number of nitrogens with zero attached hydrogens (tertiary/aromatic N) is 5. The smallest absolute Gasteiger partial charge is 0.243 e. The maximum absolute atomic E-state index is 13.5. The summed E-state index contributed by atoms with van der Waals surface area (Å²) in [5.41, 5.74) is 2.91. The minimum absolute atomic E-state index is 0.0203. The summed E-state index contributed by atoms with van der Waals surface area (Å²) in [6.45, 7) is 0.647. The van der Waals surface area contributed by atoms with E-state index in [0.717, 1.165) is 28.4 Å². The van der Waals surface area contributed by atoms with Crippen molar-refractivity contribution in [2.75, 3.05) is 18.4 Å². The molecule has 8 nitrogen and oxygen atoms in total. The highest BCUT2D eigenvalue weighted by molar-refractivity contribution is 7.89. The molecule has 5 aromatic rings. The normalized spacial score (nSPS) is 15.2. The van der Waals surface area contributed by atoms with Gasteiger partial charge in [0.25, 0.3) is 0 Å². The number of imidazole rings is 1. The molecule has 3 aromatic heterocycles. The zero-order valence-corrected chi connectivity index (χ0v) is 21.6. The van der Waals surface area contributed by atoms with E-state index in [1.807, 2.05) is 16.0 Å². The number of piperidine rings is 1. The average Bonchev–Trinajstić information content (AvgIpc) is 3.52. The van der Waals surface area contributed by atoms with E-state index in [1.54, 1.807) is 24.4 Å². The number of anilines is 1. The van der Waals surface area contributed by atoms with E-state index in [1.165, 1.54) is 39.9 Å². The van der Waals surface area contributed by atoms with Crippen molar-refractivity contribution in [1.29, 1.82) is 0 Å². The minimum atomic E-state index is -3.69. The molecule has 4 heterocycles. The number of sulfonamides is 1. The Morgan fingerprint density at radius 2 is 1.61 bits per heavy atom. The van der Waals surface area contributed by atoms with E-state index in [4.69, 9.17) is 9.97 Å². The molecule has 194 valence electrons. The SMILES string of the molecule is O=S(=O)(c1ccc(F)cc1)N1CCC(Nc2nccc(-c3c(-c4ccc(F)cc4)nc4sccn34)n2)CC1. The van der Waals surface area contributed by atoms with Gasteiger partial charge in [0.05, 0.1) is 16.3 Å². The van der Waals surface area contributed by atoms with Gasteiger partial charge in [0, 0.05) is 42.5 Å². The molecule has 1 fully saturated rings. The van der Waals surface area contributed by atoms with Crippen LogP contribution in [0.5, 0.6) is 0 Å². The van der Waals surface area contributed by atoms with Crippen LogP contribution in [-0.4, -0.2) is 51.2 Å². The second-order valence-corrected chi connectivity index (χ2v) is 11.7. The Labute approximate surface area is 221 Å². The van der Waals surface area contributed by atoms with Crippen LogP contribution in [0.2, 0.25) is 0 Å². The van der Waals surface area contributed by atoms with Gasteiger partial charge in [-0.15, -0.1) is 11.3 Å². The third kappa shape index (κ3) is 4.66. The molecule has 1 saturated heterocycles. The number of fused-ring (bicyclic) bond motifs is 1. The summed E-state index contributed by atoms with van der Waals surface area (Å²) >= 11 is 1.50. The molecule has 6 rings (SSSR count). The highest BCUT2D eigenvalue weighted by atomic mass is 32.2. The summed E-state index contributed by atoms with van der Waals surface area (Å²) in [6, 6.07) is 12.9. The fourth-order valence-electron chi connectivity index (χ4n) is 4.58. The van der Waals surface area contributed by atoms with Crippen molar-refractivity contribution in [1.82, 2.24) is 23.7 Å². The Hall–Kier alpha value is -3.74. The Kier molecular flexibility index (Phi) is 6.38. The molecule has 1 aliphatic rings. The lowest BCUT2D eigenvalue weighted by molar-refractivity contribution is 0.329. The number of halogens is 2. The molecule has 0 aliphatic carbocycles. The lowest BCUT2D eigenvalue weighted by Gasteiger charge is -2.31. The molecule has 2 aromatic carbocycles. The first-order chi connectivity index (χ1) is 18.4. The highest BCUT2D eigenvalue weighted by Gasteiger charge is 2.30. The van der Waals surface area contributed by atoms with Crippen LogP contribution in [0.3, 0.4) is 0 Å². The van der Waals surface area contributed by atoms with E-state index < -0.39 is 15.8 Å². The monoisotopic (exact) mass is 552 g/mol. The number of thiazole rings is 1. The number of aromatic nitrogens is 4. The van der Waals surface area contributed by atoms with Gasteiger partial charge >= 0.3 is 0 Å². The van der Waals surface area contributed by atoms with Gasteiger partial charge in [-0.1, -0.05) is 0 Å². The summed E-state index contributed by atoms with van der Waals surface area (Å²) in [7, 11) is -3.69. The fraction of sp³-hybridized carbons (Fsp3) is 0.192. The summed E-state index contributed by atoms with van der Waals surface area (Å²) in [4.78, 5) is 14.8. The van der Waals surface area contributed by atoms with Crippen LogP contribution in [0.15, 0.2) is 77.3 Å². The van der Waals surface area contributed by atoms with E-state index in [9.17, 15) is 17.2 Å². The van der Waals surface area contributed by atoms with Gasteiger partial charge in [0.2, 0.25) is 16.0 Å². The van der Waals surface area contributed by atoms with Gasteiger partial charge in [-0.25, -0.2) is 32.2 Å². The van der Waals surface area contributed by atoms with Crippen LogP contribution in [0.25, 0.3) is 27.6 Å². The molecule has 0 saturated carbocycles. The van der Waals surface area contributed by atoms with E-state index >= 15 is 0 Å². The van der Waals surface area contributed by atoms with Gasteiger partial charge in [-0.3, -0.25) is 4.40 Å². The second-order valence-electron chi connectivity index (χ2n) is 8.91. The lowest BCUT2D eigenvalue weighted by atomic mass is 10.1. The summed E-state index contributed by atoms with van der Waals surface area (Å²) < 4.78 is 56.0. The minimum Gasteiger partial charge on any atom is -0.351 e. The second kappa shape index (κ2) is 9.86. The van der Waals surface area contributed by atoms with Crippen LogP contribution in [0.4, 0.5) is 14.7 Å². The standard InChI is InChI=1S/C26H22F2N6O2S2/c27-18-3-1-17(2-4-18)23-24(34-15-16-37-26(34)32-23)22-9-12-29-25(31-22)30-20-10-13-33(14-11-20)38(35,36)21-7-5-19(28)6-8-21/h1-9,12,15-16,20H,10-11,13-14H2,(H,29,30,31). The van der Waals surface area contributed by atoms with Crippen molar-refractivity contribution in [3.63, 3.8) is 0 Å². The van der Waals surface area contributed by atoms with Gasteiger partial charge in [-0.2, -0.15) is 4.31 Å². The Bertz CT molecular complexity index is 1690. The summed E-state index contributed by atoms with van der Waals surface area (Å²) in [6.07, 6.45) is 4.72. The molecule has 0 atom stereocenters. The van der Waals surface area contributed by atoms with Gasteiger partial charge in [0.15, 0.2) is 4.96 Å². The molecule has 12 heteroatoms. The molecule has 0 bridgehead atoms. The Morgan fingerprint density at radius 1 is 0.921 bits per heavy atom. The molecule has 0 radical (unpaired) electrons. The van der Waals surface area contributed by atoms with E-state index in [2.05, 4.69) is 10.3 Å². The first-order valence-electron chi connectivity index (χ1n) is 12.0. The zero-order chi connectivity index (χ0) is 26.3. The molecule has 38 heavy (non-hydrogen) atoms. The number of rotatable bonds is 6. The summed E-state index contributed by atoms with van der Waals surface area (Å²) in [5, 5.41) is 5.28. The Balaban J connectivity index is 1.21. The van der Waals surface area contributed by atoms with Crippen LogP contribution in [0.1, 0.15) is 12.8 Å². The third-order valence-corrected chi connectivity index (χ3v) is 9.19. The molecule has 0 amide bonds. The van der Waals surface area contributed by atoms with Crippen LogP contribution in [0, 0.1) is 11.6 Å². The number of hydrogen-bond acceptors (Lipinski definition) is 7. The maximum atomic E-state index is 13.5. The van der Waals surface area contributed by atoms with Gasteiger partial charge in [0.1, 0.15) is 17.3 Å². The molecular formula is C26H22F2N6O2S2. The molecule has 1 N–H and O–H groups in total. The van der Waals surface area contributed by atoms with Crippen molar-refractivity contribution in [3.8, 4) is 22.6 Å². The van der Waals surface area contributed by atoms with Gasteiger partial charge in [-0.05, 0) is 67.4 Å². The van der Waals surface area contributed by atoms with Crippen molar-refractivity contribution in [2.45, 2.75) is 23.8 Å². The summed E-state index contributed by atoms with van der Waals surface area (Å²) in [5.74, 6) is -0.367. The maximum Gasteiger partial charge on any atom is 0.243 e. The number of hydrogen-bond donors (Lipinski definition) is 1. The highest BCUT2D eigenvalue weighted by Crippen LogP contribution is 2.34. The van der Waals surface area contributed by atoms with Crippen LogP contribution >= 0.6 is 11.3 Å².